The Morgan fingerprint density at radius 3 is 2.79 bits per heavy atom. The van der Waals surface area contributed by atoms with Gasteiger partial charge in [-0.1, -0.05) is 18.2 Å². The summed E-state index contributed by atoms with van der Waals surface area (Å²) in [7, 11) is 0. The number of pyridine rings is 2. The molecular weight excluding hydrogens is 354 g/mol. The van der Waals surface area contributed by atoms with Crippen LogP contribution in [0.1, 0.15) is 21.5 Å². The van der Waals surface area contributed by atoms with Gasteiger partial charge in [0.15, 0.2) is 0 Å². The minimum Gasteiger partial charge on any atom is -0.457 e. The molecular formula is C22H15N3O3. The summed E-state index contributed by atoms with van der Waals surface area (Å²) in [6.45, 7) is -0.00929. The van der Waals surface area contributed by atoms with E-state index in [2.05, 4.69) is 11.1 Å². The third-order valence-electron chi connectivity index (χ3n) is 4.20. The highest BCUT2D eigenvalue weighted by Gasteiger charge is 2.17. The van der Waals surface area contributed by atoms with Crippen molar-refractivity contribution in [2.45, 2.75) is 6.61 Å². The van der Waals surface area contributed by atoms with Gasteiger partial charge in [-0.05, 0) is 36.4 Å². The minimum absolute atomic E-state index is 0.00929. The second kappa shape index (κ2) is 7.64. The third kappa shape index (κ3) is 3.41. The number of aromatic nitrogens is 2. The van der Waals surface area contributed by atoms with Gasteiger partial charge in [-0.15, -0.1) is 0 Å². The second-order valence-corrected chi connectivity index (χ2v) is 6.00. The number of hydrogen-bond acceptors (Lipinski definition) is 5. The summed E-state index contributed by atoms with van der Waals surface area (Å²) in [5.41, 5.74) is 2.21. The minimum atomic E-state index is -0.529. The Balaban J connectivity index is 1.55. The zero-order valence-corrected chi connectivity index (χ0v) is 14.8. The Labute approximate surface area is 161 Å². The van der Waals surface area contributed by atoms with Crippen molar-refractivity contribution in [1.29, 1.82) is 5.26 Å². The number of nitriles is 1. The van der Waals surface area contributed by atoms with E-state index in [9.17, 15) is 10.1 Å². The standard InChI is InChI=1S/C22H15N3O3/c23-12-19-16(14-25-11-4-3-8-20(19)25)15-27-22(26)18-7-1-2-9-21(18)28-17-6-5-10-24-13-17/h1-11,13-14H,15H2. The monoisotopic (exact) mass is 369 g/mol. The van der Waals surface area contributed by atoms with E-state index in [1.54, 1.807) is 55.0 Å². The quantitative estimate of drug-likeness (QED) is 0.489. The largest absolute Gasteiger partial charge is 0.457 e. The Morgan fingerprint density at radius 1 is 1.11 bits per heavy atom. The van der Waals surface area contributed by atoms with Crippen LogP contribution in [0.2, 0.25) is 0 Å². The topological polar surface area (TPSA) is 76.6 Å². The molecule has 6 heteroatoms. The molecule has 4 aromatic rings. The van der Waals surface area contributed by atoms with Gasteiger partial charge in [-0.25, -0.2) is 4.79 Å². The molecule has 0 radical (unpaired) electrons. The first-order valence-electron chi connectivity index (χ1n) is 8.59. The lowest BCUT2D eigenvalue weighted by Crippen LogP contribution is -2.07. The highest BCUT2D eigenvalue weighted by molar-refractivity contribution is 5.92. The highest BCUT2D eigenvalue weighted by Crippen LogP contribution is 2.26. The third-order valence-corrected chi connectivity index (χ3v) is 4.20. The van der Waals surface area contributed by atoms with E-state index >= 15 is 0 Å². The van der Waals surface area contributed by atoms with Crippen LogP contribution in [0, 0.1) is 11.3 Å². The van der Waals surface area contributed by atoms with Gasteiger partial charge in [-0.2, -0.15) is 5.26 Å². The van der Waals surface area contributed by atoms with Crippen molar-refractivity contribution in [2.24, 2.45) is 0 Å². The molecule has 0 amide bonds. The summed E-state index contributed by atoms with van der Waals surface area (Å²) < 4.78 is 13.1. The molecule has 0 aliphatic rings. The van der Waals surface area contributed by atoms with Gasteiger partial charge in [0.25, 0.3) is 0 Å². The van der Waals surface area contributed by atoms with E-state index in [1.807, 2.05) is 28.8 Å². The van der Waals surface area contributed by atoms with Crippen LogP contribution >= 0.6 is 0 Å². The van der Waals surface area contributed by atoms with Gasteiger partial charge in [0.05, 0.1) is 17.3 Å². The summed E-state index contributed by atoms with van der Waals surface area (Å²) in [6.07, 6.45) is 6.84. The zero-order chi connectivity index (χ0) is 19.3. The lowest BCUT2D eigenvalue weighted by Gasteiger charge is -2.10. The summed E-state index contributed by atoms with van der Waals surface area (Å²) in [4.78, 5) is 16.6. The van der Waals surface area contributed by atoms with Crippen molar-refractivity contribution < 1.29 is 14.3 Å². The number of benzene rings is 1. The first-order chi connectivity index (χ1) is 13.8. The van der Waals surface area contributed by atoms with E-state index in [0.717, 1.165) is 5.52 Å². The summed E-state index contributed by atoms with van der Waals surface area (Å²) >= 11 is 0. The molecule has 136 valence electrons. The maximum atomic E-state index is 12.6. The van der Waals surface area contributed by atoms with Gasteiger partial charge >= 0.3 is 5.97 Å². The highest BCUT2D eigenvalue weighted by atomic mass is 16.5. The number of fused-ring (bicyclic) bond motifs is 1. The van der Waals surface area contributed by atoms with Crippen molar-refractivity contribution >= 4 is 11.5 Å². The average molecular weight is 369 g/mol. The van der Waals surface area contributed by atoms with E-state index in [0.29, 0.717) is 28.2 Å². The van der Waals surface area contributed by atoms with Crippen LogP contribution in [-0.4, -0.2) is 15.4 Å². The van der Waals surface area contributed by atoms with Crippen LogP contribution in [0.5, 0.6) is 11.5 Å². The molecule has 4 rings (SSSR count). The lowest BCUT2D eigenvalue weighted by molar-refractivity contribution is 0.0470. The van der Waals surface area contributed by atoms with E-state index in [1.165, 1.54) is 0 Å². The van der Waals surface area contributed by atoms with Crippen LogP contribution in [0.15, 0.2) is 79.4 Å². The molecule has 3 aromatic heterocycles. The maximum Gasteiger partial charge on any atom is 0.342 e. The fourth-order valence-corrected chi connectivity index (χ4v) is 2.90. The normalized spacial score (nSPS) is 10.4. The van der Waals surface area contributed by atoms with Crippen molar-refractivity contribution in [1.82, 2.24) is 9.38 Å². The van der Waals surface area contributed by atoms with Crippen molar-refractivity contribution in [3.8, 4) is 17.6 Å². The van der Waals surface area contributed by atoms with Gasteiger partial charge in [0.2, 0.25) is 0 Å². The summed E-state index contributed by atoms with van der Waals surface area (Å²) in [6, 6.07) is 18.1. The average Bonchev–Trinajstić information content (AvgIpc) is 3.10. The van der Waals surface area contributed by atoms with Crippen LogP contribution in [0.3, 0.4) is 0 Å². The van der Waals surface area contributed by atoms with Crippen LogP contribution in [-0.2, 0) is 11.3 Å². The number of rotatable bonds is 5. The molecule has 0 atom stereocenters. The second-order valence-electron chi connectivity index (χ2n) is 6.00. The molecule has 6 nitrogen and oxygen atoms in total. The Kier molecular flexibility index (Phi) is 4.72. The molecule has 0 saturated carbocycles. The fraction of sp³-hybridized carbons (Fsp3) is 0.0455. The number of para-hydroxylation sites is 1. The van der Waals surface area contributed by atoms with Gasteiger partial charge in [0, 0.05) is 24.2 Å². The molecule has 0 spiro atoms. The molecule has 0 N–H and O–H groups in total. The lowest BCUT2D eigenvalue weighted by atomic mass is 10.2. The molecule has 0 fully saturated rings. The summed E-state index contributed by atoms with van der Waals surface area (Å²) in [5, 5.41) is 9.47. The smallest absolute Gasteiger partial charge is 0.342 e. The Hall–Kier alpha value is -4.11. The number of carbonyl (C=O) groups is 1. The number of carbonyl (C=O) groups excluding carboxylic acids is 1. The predicted molar refractivity (Wildman–Crippen MR) is 102 cm³/mol. The van der Waals surface area contributed by atoms with Gasteiger partial charge < -0.3 is 13.9 Å². The number of nitrogens with zero attached hydrogens (tertiary/aromatic N) is 3. The molecule has 0 saturated heterocycles. The van der Waals surface area contributed by atoms with E-state index in [4.69, 9.17) is 9.47 Å². The number of ether oxygens (including phenoxy) is 2. The van der Waals surface area contributed by atoms with Gasteiger partial charge in [0.1, 0.15) is 29.7 Å². The summed E-state index contributed by atoms with van der Waals surface area (Å²) in [5.74, 6) is 0.370. The van der Waals surface area contributed by atoms with Crippen LogP contribution in [0.25, 0.3) is 5.52 Å². The Morgan fingerprint density at radius 2 is 1.96 bits per heavy atom. The molecule has 0 aliphatic carbocycles. The molecule has 28 heavy (non-hydrogen) atoms. The van der Waals surface area contributed by atoms with Gasteiger partial charge in [-0.3, -0.25) is 4.98 Å². The first-order valence-corrected chi connectivity index (χ1v) is 8.59. The molecule has 1 aromatic carbocycles. The van der Waals surface area contributed by atoms with E-state index < -0.39 is 5.97 Å². The van der Waals surface area contributed by atoms with E-state index in [-0.39, 0.29) is 6.61 Å². The predicted octanol–water partition coefficient (Wildman–Crippen LogP) is 4.36. The number of esters is 1. The molecule has 3 heterocycles. The molecule has 0 unspecified atom stereocenters. The SMILES string of the molecule is N#Cc1c(COC(=O)c2ccccc2Oc2cccnc2)cn2ccccc12. The molecule has 0 aliphatic heterocycles. The van der Waals surface area contributed by atoms with Crippen LogP contribution < -0.4 is 4.74 Å². The van der Waals surface area contributed by atoms with Crippen molar-refractivity contribution in [3.63, 3.8) is 0 Å². The number of hydrogen-bond donors (Lipinski definition) is 0. The van der Waals surface area contributed by atoms with Crippen molar-refractivity contribution in [3.05, 3.63) is 96.1 Å². The Bertz CT molecular complexity index is 1180. The maximum absolute atomic E-state index is 12.6. The van der Waals surface area contributed by atoms with Crippen molar-refractivity contribution in [2.75, 3.05) is 0 Å². The first kappa shape index (κ1) is 17.3. The van der Waals surface area contributed by atoms with Crippen LogP contribution in [0.4, 0.5) is 0 Å². The fourth-order valence-electron chi connectivity index (χ4n) is 2.90. The zero-order valence-electron chi connectivity index (χ0n) is 14.8. The molecule has 0 bridgehead atoms.